The Morgan fingerprint density at radius 2 is 1.74 bits per heavy atom. The van der Waals surface area contributed by atoms with Crippen LogP contribution >= 0.6 is 0 Å². The van der Waals surface area contributed by atoms with E-state index in [4.69, 9.17) is 4.74 Å². The van der Waals surface area contributed by atoms with Crippen LogP contribution in [0.5, 0.6) is 5.75 Å². The number of nitrogens with zero attached hydrogens (tertiary/aromatic N) is 2. The SMILES string of the molecule is O=C(NC(c1ccccn1)C1CCCCC1)C1CCN(CCOc2ccccc2)CC1. The molecule has 2 fully saturated rings. The van der Waals surface area contributed by atoms with Gasteiger partial charge in [0.1, 0.15) is 12.4 Å². The summed E-state index contributed by atoms with van der Waals surface area (Å²) in [4.78, 5) is 20.1. The largest absolute Gasteiger partial charge is 0.492 e. The van der Waals surface area contributed by atoms with E-state index >= 15 is 0 Å². The van der Waals surface area contributed by atoms with E-state index in [0.29, 0.717) is 12.5 Å². The summed E-state index contributed by atoms with van der Waals surface area (Å²) in [6, 6.07) is 16.0. The summed E-state index contributed by atoms with van der Waals surface area (Å²) in [7, 11) is 0. The van der Waals surface area contributed by atoms with Crippen LogP contribution in [-0.4, -0.2) is 42.0 Å². The Balaban J connectivity index is 1.26. The lowest BCUT2D eigenvalue weighted by Gasteiger charge is -2.34. The van der Waals surface area contributed by atoms with Crippen molar-refractivity contribution in [1.82, 2.24) is 15.2 Å². The number of nitrogens with one attached hydrogen (secondary N) is 1. The van der Waals surface area contributed by atoms with Crippen molar-refractivity contribution in [1.29, 1.82) is 0 Å². The van der Waals surface area contributed by atoms with E-state index in [9.17, 15) is 4.79 Å². The second-order valence-electron chi connectivity index (χ2n) is 8.92. The smallest absolute Gasteiger partial charge is 0.223 e. The molecule has 31 heavy (non-hydrogen) atoms. The first-order valence-electron chi connectivity index (χ1n) is 11.9. The molecular formula is C26H35N3O2. The molecule has 1 aromatic heterocycles. The highest BCUT2D eigenvalue weighted by molar-refractivity contribution is 5.79. The van der Waals surface area contributed by atoms with Crippen molar-refractivity contribution in [2.45, 2.75) is 51.0 Å². The van der Waals surface area contributed by atoms with Crippen LogP contribution < -0.4 is 10.1 Å². The molecule has 1 saturated carbocycles. The maximum absolute atomic E-state index is 13.1. The van der Waals surface area contributed by atoms with E-state index in [1.54, 1.807) is 0 Å². The number of piperidine rings is 1. The normalized spacial score (nSPS) is 19.6. The molecule has 1 aliphatic carbocycles. The maximum Gasteiger partial charge on any atom is 0.223 e. The predicted octanol–water partition coefficient (Wildman–Crippen LogP) is 4.61. The van der Waals surface area contributed by atoms with Gasteiger partial charge in [0.15, 0.2) is 0 Å². The van der Waals surface area contributed by atoms with Gasteiger partial charge < -0.3 is 10.1 Å². The van der Waals surface area contributed by atoms with Crippen LogP contribution in [0.15, 0.2) is 54.7 Å². The molecule has 0 radical (unpaired) electrons. The summed E-state index contributed by atoms with van der Waals surface area (Å²) in [5.41, 5.74) is 1.01. The summed E-state index contributed by atoms with van der Waals surface area (Å²) >= 11 is 0. The number of pyridine rings is 1. The van der Waals surface area contributed by atoms with Gasteiger partial charge in [-0.2, -0.15) is 0 Å². The summed E-state index contributed by atoms with van der Waals surface area (Å²) < 4.78 is 5.82. The first-order valence-corrected chi connectivity index (χ1v) is 11.9. The molecule has 1 aliphatic heterocycles. The second kappa shape index (κ2) is 11.3. The van der Waals surface area contributed by atoms with E-state index in [1.807, 2.05) is 48.7 Å². The van der Waals surface area contributed by atoms with Gasteiger partial charge in [-0.3, -0.25) is 14.7 Å². The number of likely N-dealkylation sites (tertiary alicyclic amines) is 1. The van der Waals surface area contributed by atoms with E-state index in [0.717, 1.165) is 43.9 Å². The van der Waals surface area contributed by atoms with E-state index in [2.05, 4.69) is 21.3 Å². The number of carbonyl (C=O) groups is 1. The maximum atomic E-state index is 13.1. The van der Waals surface area contributed by atoms with Gasteiger partial charge in [-0.1, -0.05) is 43.5 Å². The van der Waals surface area contributed by atoms with Crippen molar-refractivity contribution in [3.05, 3.63) is 60.4 Å². The number of hydrogen-bond donors (Lipinski definition) is 1. The number of rotatable bonds is 8. The fraction of sp³-hybridized carbons (Fsp3) is 0.538. The quantitative estimate of drug-likeness (QED) is 0.676. The Hall–Kier alpha value is -2.40. The Morgan fingerprint density at radius 1 is 1.00 bits per heavy atom. The molecule has 0 spiro atoms. The fourth-order valence-corrected chi connectivity index (χ4v) is 4.96. The molecule has 1 saturated heterocycles. The fourth-order valence-electron chi connectivity index (χ4n) is 4.96. The number of aromatic nitrogens is 1. The zero-order valence-corrected chi connectivity index (χ0v) is 18.4. The highest BCUT2D eigenvalue weighted by Gasteiger charge is 2.31. The minimum atomic E-state index is 0.0475. The van der Waals surface area contributed by atoms with Crippen LogP contribution in [0.1, 0.15) is 56.7 Å². The van der Waals surface area contributed by atoms with Crippen molar-refractivity contribution in [3.63, 3.8) is 0 Å². The summed E-state index contributed by atoms with van der Waals surface area (Å²) in [5, 5.41) is 3.41. The number of para-hydroxylation sites is 1. The Labute approximate surface area is 186 Å². The zero-order chi connectivity index (χ0) is 21.3. The molecule has 5 heteroatoms. The molecule has 1 N–H and O–H groups in total. The van der Waals surface area contributed by atoms with E-state index < -0.39 is 0 Å². The number of amides is 1. The molecule has 5 nitrogen and oxygen atoms in total. The highest BCUT2D eigenvalue weighted by Crippen LogP contribution is 2.34. The summed E-state index contributed by atoms with van der Waals surface area (Å²) in [6.07, 6.45) is 9.86. The molecule has 2 aromatic rings. The monoisotopic (exact) mass is 421 g/mol. The number of ether oxygens (including phenoxy) is 1. The number of carbonyl (C=O) groups excluding carboxylic acids is 1. The van der Waals surface area contributed by atoms with Gasteiger partial charge in [-0.15, -0.1) is 0 Å². The number of hydrogen-bond acceptors (Lipinski definition) is 4. The van der Waals surface area contributed by atoms with Crippen molar-refractivity contribution in [2.24, 2.45) is 11.8 Å². The Kier molecular flexibility index (Phi) is 7.94. The van der Waals surface area contributed by atoms with Crippen LogP contribution in [-0.2, 0) is 4.79 Å². The van der Waals surface area contributed by atoms with Gasteiger partial charge in [0.2, 0.25) is 5.91 Å². The minimum Gasteiger partial charge on any atom is -0.492 e. The molecule has 0 bridgehead atoms. The van der Waals surface area contributed by atoms with Gasteiger partial charge in [0.05, 0.1) is 11.7 Å². The lowest BCUT2D eigenvalue weighted by atomic mass is 9.82. The molecule has 1 aromatic carbocycles. The minimum absolute atomic E-state index is 0.0475. The van der Waals surface area contributed by atoms with Crippen LogP contribution in [0.2, 0.25) is 0 Å². The zero-order valence-electron chi connectivity index (χ0n) is 18.4. The van der Waals surface area contributed by atoms with Crippen molar-refractivity contribution in [2.75, 3.05) is 26.2 Å². The van der Waals surface area contributed by atoms with E-state index in [-0.39, 0.29) is 17.9 Å². The predicted molar refractivity (Wildman–Crippen MR) is 123 cm³/mol. The Morgan fingerprint density at radius 3 is 2.45 bits per heavy atom. The van der Waals surface area contributed by atoms with E-state index in [1.165, 1.54) is 32.1 Å². The van der Waals surface area contributed by atoms with Crippen LogP contribution in [0.25, 0.3) is 0 Å². The molecule has 1 amide bonds. The third kappa shape index (κ3) is 6.30. The second-order valence-corrected chi connectivity index (χ2v) is 8.92. The average Bonchev–Trinajstić information content (AvgIpc) is 2.84. The number of benzene rings is 1. The third-order valence-electron chi connectivity index (χ3n) is 6.80. The molecule has 2 heterocycles. The van der Waals surface area contributed by atoms with Crippen molar-refractivity contribution in [3.8, 4) is 5.75 Å². The molecule has 166 valence electrons. The third-order valence-corrected chi connectivity index (χ3v) is 6.80. The molecule has 2 aliphatic rings. The Bertz CT molecular complexity index is 785. The first kappa shape index (κ1) is 21.8. The van der Waals surface area contributed by atoms with Crippen molar-refractivity contribution >= 4 is 5.91 Å². The molecule has 4 rings (SSSR count). The lowest BCUT2D eigenvalue weighted by Crippen LogP contribution is -2.44. The molecular weight excluding hydrogens is 386 g/mol. The van der Waals surface area contributed by atoms with Crippen LogP contribution in [0.4, 0.5) is 0 Å². The topological polar surface area (TPSA) is 54.5 Å². The summed E-state index contributed by atoms with van der Waals surface area (Å²) in [5.74, 6) is 1.73. The average molecular weight is 422 g/mol. The first-order chi connectivity index (χ1) is 15.3. The van der Waals surface area contributed by atoms with Gasteiger partial charge in [0.25, 0.3) is 0 Å². The van der Waals surface area contributed by atoms with Gasteiger partial charge in [-0.25, -0.2) is 0 Å². The van der Waals surface area contributed by atoms with Gasteiger partial charge >= 0.3 is 0 Å². The van der Waals surface area contributed by atoms with Crippen LogP contribution in [0, 0.1) is 11.8 Å². The standard InChI is InChI=1S/C26H35N3O2/c30-26(28-25(21-9-3-1-4-10-21)24-13-7-8-16-27-24)22-14-17-29(18-15-22)19-20-31-23-11-5-2-6-12-23/h2,5-8,11-13,16,21-22,25H,1,3-4,9-10,14-15,17-20H2,(H,28,30). The van der Waals surface area contributed by atoms with Crippen molar-refractivity contribution < 1.29 is 9.53 Å². The summed E-state index contributed by atoms with van der Waals surface area (Å²) in [6.45, 7) is 3.49. The van der Waals surface area contributed by atoms with Gasteiger partial charge in [0, 0.05) is 18.7 Å². The van der Waals surface area contributed by atoms with Gasteiger partial charge in [-0.05, 0) is 69.0 Å². The lowest BCUT2D eigenvalue weighted by molar-refractivity contribution is -0.127. The molecule has 1 atom stereocenters. The molecule has 1 unspecified atom stereocenters. The highest BCUT2D eigenvalue weighted by atomic mass is 16.5. The van der Waals surface area contributed by atoms with Crippen LogP contribution in [0.3, 0.4) is 0 Å².